The van der Waals surface area contributed by atoms with Crippen LogP contribution in [0.2, 0.25) is 0 Å². The lowest BCUT2D eigenvalue weighted by Crippen LogP contribution is -2.54. The van der Waals surface area contributed by atoms with E-state index in [2.05, 4.69) is 37.2 Å². The van der Waals surface area contributed by atoms with Crippen molar-refractivity contribution in [1.29, 1.82) is 0 Å². The first kappa shape index (κ1) is 74.2. The molecule has 1 aliphatic carbocycles. The number of fused-ring (bicyclic) bond motifs is 5. The van der Waals surface area contributed by atoms with Gasteiger partial charge in [-0.15, -0.1) is 0 Å². The fraction of sp³-hybridized carbons (Fsp3) is 0.559. The Morgan fingerprint density at radius 3 is 1.95 bits per heavy atom. The number of nitrogens with two attached hydrogens (primary N) is 1. The number of primary amides is 1. The highest BCUT2D eigenvalue weighted by molar-refractivity contribution is 5.99. The molecule has 0 spiro atoms. The number of halogens is 1. The summed E-state index contributed by atoms with van der Waals surface area (Å²) in [5.41, 5.74) is 7.44. The van der Waals surface area contributed by atoms with Crippen molar-refractivity contribution in [2.24, 2.45) is 11.7 Å². The number of unbranched alkanes of at least 4 members (excludes halogenated alkanes) is 13. The van der Waals surface area contributed by atoms with Gasteiger partial charge in [0.1, 0.15) is 43.2 Å². The van der Waals surface area contributed by atoms with Crippen molar-refractivity contribution in [2.45, 2.75) is 231 Å². The molecule has 3 aliphatic rings. The minimum Gasteiger partial charge on any atom is -0.481 e. The number of hydrogen-bond acceptors (Lipinski definition) is 15. The van der Waals surface area contributed by atoms with E-state index in [1.807, 2.05) is 0 Å². The number of ether oxygens (including phenoxy) is 2. The van der Waals surface area contributed by atoms with Crippen LogP contribution in [0.25, 0.3) is 22.3 Å². The molecule has 0 unspecified atom stereocenters. The Bertz CT molecular complexity index is 3580. The number of alkyl carbamates (subject to hydrolysis) is 1. The van der Waals surface area contributed by atoms with Crippen LogP contribution in [0.3, 0.4) is 0 Å². The molecule has 2 aliphatic heterocycles. The topological polar surface area (TPSA) is 415 Å². The van der Waals surface area contributed by atoms with Gasteiger partial charge in [0.2, 0.25) is 17.7 Å². The summed E-state index contributed by atoms with van der Waals surface area (Å²) in [6.45, 7) is 6.57. The number of rotatable bonds is 38. The van der Waals surface area contributed by atoms with Gasteiger partial charge in [-0.3, -0.25) is 24.0 Å². The molecule has 0 saturated carbocycles. The van der Waals surface area contributed by atoms with Crippen LogP contribution in [0.4, 0.5) is 24.5 Å². The van der Waals surface area contributed by atoms with Crippen LogP contribution in [-0.2, 0) is 74.8 Å². The molecule has 0 radical (unpaired) electrons. The number of carboxylic acids is 3. The van der Waals surface area contributed by atoms with E-state index in [1.165, 1.54) is 10.6 Å². The average Bonchev–Trinajstić information content (AvgIpc) is 1.50. The summed E-state index contributed by atoms with van der Waals surface area (Å²) in [6, 6.07) is 2.33. The number of esters is 1. The number of anilines is 1. The standard InChI is InChI=1S/C68H91FN10O17/c1-5-68(94)45-33-52-58-43(35-79(52)61(85)44(45)37-95-64(68)90)56-47(29-28-42-39(4)46(69)34-51(73-58)55(42)56)77-67(93)96-36-40-24-26-41(27-25-40)72-59(83)48(22-20-32-71-65(70)91)74-60(84)57(38(2)3)78-53(80)23-19-17-15-13-11-9-7-6-8-10-12-14-16-18-21-49(62(86)87)75-66(92)76-50(63(88)89)30-31-54(81)82/h24-27,33-34,38,47-50,57,94H,5-23,28-32,35-37H2,1-4H3,(H,72,83)(H,74,84)(H,77,93)(H,78,80)(H,81,82)(H,86,87)(H,88,89)(H3,70,71,91)(H2,75,76,92)/t47-,48-,49-,50-,57-,68-/m0/s1. The number of carbonyl (C=O) groups is 10. The quantitative estimate of drug-likeness (QED) is 0.0133. The van der Waals surface area contributed by atoms with Gasteiger partial charge in [0.05, 0.1) is 35.1 Å². The van der Waals surface area contributed by atoms with E-state index in [1.54, 1.807) is 58.0 Å². The molecule has 96 heavy (non-hydrogen) atoms. The molecule has 0 fully saturated rings. The van der Waals surface area contributed by atoms with Gasteiger partial charge < -0.3 is 77.4 Å². The summed E-state index contributed by atoms with van der Waals surface area (Å²) >= 11 is 0. The van der Waals surface area contributed by atoms with Gasteiger partial charge in [-0.1, -0.05) is 116 Å². The fourth-order valence-electron chi connectivity index (χ4n) is 12.7. The normalized spacial score (nSPS) is 16.3. The van der Waals surface area contributed by atoms with Crippen molar-refractivity contribution in [3.63, 3.8) is 0 Å². The number of carboxylic acid groups (broad SMARTS) is 3. The highest BCUT2D eigenvalue weighted by atomic mass is 19.1. The first-order valence-corrected chi connectivity index (χ1v) is 33.3. The summed E-state index contributed by atoms with van der Waals surface area (Å²) in [6.07, 6.45) is 13.1. The van der Waals surface area contributed by atoms with Crippen LogP contribution in [0.1, 0.15) is 207 Å². The van der Waals surface area contributed by atoms with E-state index in [9.17, 15) is 68.1 Å². The minimum atomic E-state index is -2.05. The summed E-state index contributed by atoms with van der Waals surface area (Å²) < 4.78 is 27.9. The molecule has 4 heterocycles. The van der Waals surface area contributed by atoms with E-state index in [0.717, 1.165) is 82.6 Å². The smallest absolute Gasteiger partial charge is 0.407 e. The van der Waals surface area contributed by atoms with Gasteiger partial charge in [0.25, 0.3) is 5.56 Å². The van der Waals surface area contributed by atoms with Gasteiger partial charge in [-0.25, -0.2) is 38.1 Å². The lowest BCUT2D eigenvalue weighted by molar-refractivity contribution is -0.172. The first-order chi connectivity index (χ1) is 45.8. The number of urea groups is 2. The van der Waals surface area contributed by atoms with Gasteiger partial charge in [-0.05, 0) is 105 Å². The zero-order chi connectivity index (χ0) is 69.8. The van der Waals surface area contributed by atoms with E-state index in [0.29, 0.717) is 75.9 Å². The number of aryl methyl sites for hydroxylation is 1. The molecule has 522 valence electrons. The number of benzene rings is 2. The van der Waals surface area contributed by atoms with Crippen LogP contribution < -0.4 is 48.5 Å². The minimum absolute atomic E-state index is 0.0474. The van der Waals surface area contributed by atoms with Crippen LogP contribution in [-0.4, -0.2) is 120 Å². The largest absolute Gasteiger partial charge is 0.481 e. The summed E-state index contributed by atoms with van der Waals surface area (Å²) in [5.74, 6) is -6.95. The molecular weight excluding hydrogens is 1250 g/mol. The molecule has 7 rings (SSSR count). The Labute approximate surface area is 555 Å². The molecule has 4 aromatic rings. The number of aliphatic carboxylic acids is 3. The highest BCUT2D eigenvalue weighted by Crippen LogP contribution is 2.46. The average molecular weight is 1340 g/mol. The Morgan fingerprint density at radius 2 is 1.35 bits per heavy atom. The van der Waals surface area contributed by atoms with Gasteiger partial charge >= 0.3 is 42.0 Å². The van der Waals surface area contributed by atoms with E-state index in [4.69, 9.17) is 25.3 Å². The van der Waals surface area contributed by atoms with E-state index < -0.39 is 107 Å². The zero-order valence-electron chi connectivity index (χ0n) is 55.0. The monoisotopic (exact) mass is 1340 g/mol. The third kappa shape index (κ3) is 19.7. The number of hydrogen-bond donors (Lipinski definition) is 12. The number of amides is 8. The summed E-state index contributed by atoms with van der Waals surface area (Å²) in [7, 11) is 0. The van der Waals surface area contributed by atoms with Crippen molar-refractivity contribution in [1.82, 2.24) is 41.5 Å². The van der Waals surface area contributed by atoms with Crippen LogP contribution in [0.5, 0.6) is 0 Å². The third-order valence-electron chi connectivity index (χ3n) is 18.1. The van der Waals surface area contributed by atoms with E-state index >= 15 is 4.39 Å². The van der Waals surface area contributed by atoms with Gasteiger partial charge in [0.15, 0.2) is 5.60 Å². The molecule has 27 nitrogen and oxygen atoms in total. The molecule has 0 bridgehead atoms. The molecule has 2 aromatic carbocycles. The number of nitrogens with zero attached hydrogens (tertiary/aromatic N) is 2. The number of aromatic nitrogens is 2. The van der Waals surface area contributed by atoms with Gasteiger partial charge in [-0.2, -0.15) is 0 Å². The Hall–Kier alpha value is -9.21. The molecule has 6 atom stereocenters. The number of aliphatic hydroxyl groups is 1. The second kappa shape index (κ2) is 35.0. The Kier molecular flexibility index (Phi) is 27.0. The van der Waals surface area contributed by atoms with Crippen LogP contribution >= 0.6 is 0 Å². The molecule has 0 saturated heterocycles. The fourth-order valence-corrected chi connectivity index (χ4v) is 12.7. The lowest BCUT2D eigenvalue weighted by atomic mass is 9.81. The zero-order valence-corrected chi connectivity index (χ0v) is 55.0. The molecule has 13 N–H and O–H groups in total. The van der Waals surface area contributed by atoms with Crippen LogP contribution in [0, 0.1) is 18.7 Å². The maximum absolute atomic E-state index is 15.5. The number of nitrogens with one attached hydrogen (secondary N) is 7. The maximum Gasteiger partial charge on any atom is 0.407 e. The third-order valence-corrected chi connectivity index (χ3v) is 18.1. The second-order valence-electron chi connectivity index (χ2n) is 25.4. The first-order valence-electron chi connectivity index (χ1n) is 33.3. The van der Waals surface area contributed by atoms with Crippen molar-refractivity contribution in [3.05, 3.63) is 91.5 Å². The summed E-state index contributed by atoms with van der Waals surface area (Å²) in [4.78, 5) is 144. The predicted molar refractivity (Wildman–Crippen MR) is 349 cm³/mol. The highest BCUT2D eigenvalue weighted by Gasteiger charge is 2.46. The number of carbonyl (C=O) groups excluding carboxylic acids is 7. The molecule has 28 heteroatoms. The van der Waals surface area contributed by atoms with E-state index in [-0.39, 0.29) is 87.8 Å². The van der Waals surface area contributed by atoms with Crippen molar-refractivity contribution < 1.29 is 82.2 Å². The number of cyclic esters (lactones) is 1. The lowest BCUT2D eigenvalue weighted by Gasteiger charge is -2.31. The number of pyridine rings is 2. The van der Waals surface area contributed by atoms with Crippen molar-refractivity contribution >= 4 is 76.3 Å². The molecule has 8 amide bonds. The van der Waals surface area contributed by atoms with Crippen molar-refractivity contribution in [3.8, 4) is 11.4 Å². The predicted octanol–water partition coefficient (Wildman–Crippen LogP) is 7.77. The summed E-state index contributed by atoms with van der Waals surface area (Å²) in [5, 5.41) is 58.0. The maximum atomic E-state index is 15.5. The molecule has 2 aromatic heterocycles. The van der Waals surface area contributed by atoms with Crippen LogP contribution in [0.15, 0.2) is 41.2 Å². The Balaban J connectivity index is 0.815. The molecular formula is C68H91FN10O17. The second-order valence-corrected chi connectivity index (χ2v) is 25.4. The van der Waals surface area contributed by atoms with Crippen molar-refractivity contribution in [2.75, 3.05) is 11.9 Å². The van der Waals surface area contributed by atoms with Gasteiger partial charge in [0, 0.05) is 47.7 Å². The Morgan fingerprint density at radius 1 is 0.750 bits per heavy atom. The SMILES string of the molecule is CC[C@@]1(O)C(=O)OCc2c1cc1n(c2=O)Cc2c-1nc1cc(F)c(C)c3c1c2[C@@H](NC(=O)OCc1ccc(NC(=O)[C@H](CCCNC(N)=O)NC(=O)[C@@H](NC(=O)CCCCCCCCCCCCCCCC[C@H](NC(=O)N[C@@H](CCC(=O)O)C(=O)O)C(=O)O)C(C)C)cc1)CC3.